The van der Waals surface area contributed by atoms with Crippen molar-refractivity contribution in [3.63, 3.8) is 0 Å². The lowest BCUT2D eigenvalue weighted by molar-refractivity contribution is -0.138. The monoisotopic (exact) mass is 403 g/mol. The summed E-state index contributed by atoms with van der Waals surface area (Å²) in [7, 11) is -0.768. The maximum Gasteiger partial charge on any atom is 0.328 e. The highest BCUT2D eigenvalue weighted by molar-refractivity contribution is 7.80. The lowest BCUT2D eigenvalue weighted by atomic mass is 10.0. The predicted molar refractivity (Wildman–Crippen MR) is 124 cm³/mol. The van der Waals surface area contributed by atoms with Crippen molar-refractivity contribution in [2.24, 2.45) is 10.9 Å². The lowest BCUT2D eigenvalue weighted by Gasteiger charge is -2.21. The third-order valence-corrected chi connectivity index (χ3v) is 7.10. The predicted octanol–water partition coefficient (Wildman–Crippen LogP) is 4.36. The van der Waals surface area contributed by atoms with E-state index in [1.807, 2.05) is 44.2 Å². The van der Waals surface area contributed by atoms with Crippen LogP contribution in [0.3, 0.4) is 0 Å². The van der Waals surface area contributed by atoms with Gasteiger partial charge in [0.05, 0.1) is 0 Å². The molecule has 0 saturated heterocycles. The molecule has 0 fully saturated rings. The Kier molecular flexibility index (Phi) is 7.32. The number of hydrogen-bond donors (Lipinski definition) is 1. The van der Waals surface area contributed by atoms with Crippen LogP contribution in [0.15, 0.2) is 89.9 Å². The summed E-state index contributed by atoms with van der Waals surface area (Å²) in [5, 5.41) is 13.2. The molecule has 0 heterocycles. The van der Waals surface area contributed by atoms with Crippen LogP contribution in [-0.2, 0) is 4.79 Å². The van der Waals surface area contributed by atoms with Crippen LogP contribution in [0.4, 0.5) is 0 Å². The Morgan fingerprint density at radius 3 is 1.93 bits per heavy atom. The molecule has 3 rings (SSSR count). The second-order valence-corrected chi connectivity index (χ2v) is 9.51. The third kappa shape index (κ3) is 5.62. The number of benzene rings is 3. The van der Waals surface area contributed by atoms with Gasteiger partial charge in [-0.3, -0.25) is 4.99 Å². The number of hydrogen-bond acceptors (Lipinski definition) is 2. The van der Waals surface area contributed by atoms with Gasteiger partial charge in [0.15, 0.2) is 0 Å². The molecule has 0 aromatic heterocycles. The second kappa shape index (κ2) is 10.1. The molecule has 0 aliphatic heterocycles. The van der Waals surface area contributed by atoms with E-state index in [0.717, 1.165) is 5.56 Å². The SMILES string of the molecule is CC(C)C[C@H](/N=C/c1ccccc1P(c1ccccc1)c1ccccc1)C(=O)O. The minimum atomic E-state index is -0.874. The Morgan fingerprint density at radius 1 is 0.897 bits per heavy atom. The minimum Gasteiger partial charge on any atom is -0.480 e. The molecule has 3 aromatic carbocycles. The maximum absolute atomic E-state index is 11.6. The summed E-state index contributed by atoms with van der Waals surface area (Å²) in [6.45, 7) is 4.03. The first-order valence-corrected chi connectivity index (χ1v) is 11.2. The van der Waals surface area contributed by atoms with Gasteiger partial charge < -0.3 is 5.11 Å². The summed E-state index contributed by atoms with van der Waals surface area (Å²) < 4.78 is 0. The number of carbonyl (C=O) groups is 1. The van der Waals surface area contributed by atoms with Crippen molar-refractivity contribution in [3.8, 4) is 0 Å². The summed E-state index contributed by atoms with van der Waals surface area (Å²) in [6.07, 6.45) is 2.28. The smallest absolute Gasteiger partial charge is 0.328 e. The molecule has 0 saturated carbocycles. The van der Waals surface area contributed by atoms with Crippen molar-refractivity contribution in [1.82, 2.24) is 0 Å². The number of nitrogens with zero attached hydrogens (tertiary/aromatic N) is 1. The molecule has 1 atom stereocenters. The molecule has 0 spiro atoms. The molecule has 0 radical (unpaired) electrons. The Morgan fingerprint density at radius 2 is 1.41 bits per heavy atom. The summed E-state index contributed by atoms with van der Waals surface area (Å²) in [5.41, 5.74) is 0.973. The van der Waals surface area contributed by atoms with Gasteiger partial charge in [-0.15, -0.1) is 0 Å². The summed E-state index contributed by atoms with van der Waals surface area (Å²) in [5.74, 6) is -0.602. The fourth-order valence-electron chi connectivity index (χ4n) is 3.22. The van der Waals surface area contributed by atoms with Crippen molar-refractivity contribution < 1.29 is 9.90 Å². The highest BCUT2D eigenvalue weighted by Crippen LogP contribution is 2.33. The van der Waals surface area contributed by atoms with Gasteiger partial charge in [0.1, 0.15) is 6.04 Å². The first-order valence-electron chi connectivity index (χ1n) is 9.81. The average Bonchev–Trinajstić information content (AvgIpc) is 2.73. The second-order valence-electron chi connectivity index (χ2n) is 7.33. The molecular weight excluding hydrogens is 377 g/mol. The molecule has 148 valence electrons. The van der Waals surface area contributed by atoms with Gasteiger partial charge in [-0.25, -0.2) is 4.79 Å². The standard InChI is InChI=1S/C25H26NO2P/c1-19(2)17-23(25(27)28)26-18-20-11-9-10-16-24(20)29(21-12-5-3-6-13-21)22-14-7-4-8-15-22/h3-16,18-19,23H,17H2,1-2H3,(H,27,28)/b26-18+/t23-/m0/s1. The van der Waals surface area contributed by atoms with Crippen LogP contribution in [-0.4, -0.2) is 23.3 Å². The largest absolute Gasteiger partial charge is 0.480 e. The van der Waals surface area contributed by atoms with E-state index in [1.165, 1.54) is 15.9 Å². The average molecular weight is 403 g/mol. The van der Waals surface area contributed by atoms with E-state index < -0.39 is 19.9 Å². The molecule has 3 nitrogen and oxygen atoms in total. The zero-order valence-corrected chi connectivity index (χ0v) is 17.7. The summed E-state index contributed by atoms with van der Waals surface area (Å²) in [6, 6.07) is 28.4. The third-order valence-electron chi connectivity index (χ3n) is 4.58. The molecule has 1 N–H and O–H groups in total. The van der Waals surface area contributed by atoms with Crippen LogP contribution in [0.1, 0.15) is 25.8 Å². The van der Waals surface area contributed by atoms with E-state index in [4.69, 9.17) is 0 Å². The quantitative estimate of drug-likeness (QED) is 0.449. The lowest BCUT2D eigenvalue weighted by Crippen LogP contribution is -2.24. The van der Waals surface area contributed by atoms with Crippen LogP contribution < -0.4 is 15.9 Å². The Balaban J connectivity index is 2.05. The maximum atomic E-state index is 11.6. The summed E-state index contributed by atoms with van der Waals surface area (Å²) >= 11 is 0. The number of rotatable bonds is 8. The van der Waals surface area contributed by atoms with Crippen LogP contribution >= 0.6 is 7.92 Å². The van der Waals surface area contributed by atoms with Gasteiger partial charge in [0.2, 0.25) is 0 Å². The zero-order valence-electron chi connectivity index (χ0n) is 16.8. The number of aliphatic carboxylic acids is 1. The molecule has 29 heavy (non-hydrogen) atoms. The minimum absolute atomic E-state index is 0.272. The number of carboxylic acid groups (broad SMARTS) is 1. The van der Waals surface area contributed by atoms with Gasteiger partial charge in [0, 0.05) is 11.8 Å². The zero-order chi connectivity index (χ0) is 20.6. The van der Waals surface area contributed by atoms with Gasteiger partial charge in [-0.1, -0.05) is 98.8 Å². The van der Waals surface area contributed by atoms with Crippen LogP contribution in [0, 0.1) is 5.92 Å². The van der Waals surface area contributed by atoms with Crippen molar-refractivity contribution >= 4 is 36.0 Å². The Labute approximate surface area is 173 Å². The molecular formula is C25H26NO2P. The van der Waals surface area contributed by atoms with Gasteiger partial charge >= 0.3 is 5.97 Å². The topological polar surface area (TPSA) is 49.7 Å². The van der Waals surface area contributed by atoms with E-state index in [2.05, 4.69) is 59.6 Å². The number of carboxylic acids is 1. The van der Waals surface area contributed by atoms with E-state index in [9.17, 15) is 9.90 Å². The van der Waals surface area contributed by atoms with Crippen molar-refractivity contribution in [2.45, 2.75) is 26.3 Å². The highest BCUT2D eigenvalue weighted by Gasteiger charge is 2.20. The fraction of sp³-hybridized carbons (Fsp3) is 0.200. The van der Waals surface area contributed by atoms with Crippen molar-refractivity contribution in [3.05, 3.63) is 90.5 Å². The van der Waals surface area contributed by atoms with E-state index in [-0.39, 0.29) is 5.92 Å². The molecule has 4 heteroatoms. The van der Waals surface area contributed by atoms with E-state index >= 15 is 0 Å². The highest BCUT2D eigenvalue weighted by atomic mass is 31.1. The molecule has 0 aliphatic rings. The van der Waals surface area contributed by atoms with Crippen LogP contribution in [0.2, 0.25) is 0 Å². The Hall–Kier alpha value is -2.77. The first-order chi connectivity index (χ1) is 14.1. The van der Waals surface area contributed by atoms with Gasteiger partial charge in [-0.2, -0.15) is 0 Å². The van der Waals surface area contributed by atoms with Gasteiger partial charge in [-0.05, 0) is 36.2 Å². The van der Waals surface area contributed by atoms with Crippen LogP contribution in [0.5, 0.6) is 0 Å². The molecule has 0 aliphatic carbocycles. The van der Waals surface area contributed by atoms with Crippen molar-refractivity contribution in [2.75, 3.05) is 0 Å². The fourth-order valence-corrected chi connectivity index (χ4v) is 5.64. The first kappa shape index (κ1) is 21.0. The molecule has 3 aromatic rings. The van der Waals surface area contributed by atoms with E-state index in [1.54, 1.807) is 6.21 Å². The van der Waals surface area contributed by atoms with Gasteiger partial charge in [0.25, 0.3) is 0 Å². The molecule has 0 bridgehead atoms. The van der Waals surface area contributed by atoms with Crippen molar-refractivity contribution in [1.29, 1.82) is 0 Å². The number of aliphatic imine (C=N–C) groups is 1. The Bertz CT molecular complexity index is 915. The normalized spacial score (nSPS) is 12.6. The summed E-state index contributed by atoms with van der Waals surface area (Å²) in [4.78, 5) is 16.1. The molecule has 0 unspecified atom stereocenters. The van der Waals surface area contributed by atoms with E-state index in [0.29, 0.717) is 6.42 Å². The van der Waals surface area contributed by atoms with Crippen LogP contribution in [0.25, 0.3) is 0 Å². The molecule has 0 amide bonds.